The third kappa shape index (κ3) is 5.48. The highest BCUT2D eigenvalue weighted by Crippen LogP contribution is 2.25. The summed E-state index contributed by atoms with van der Waals surface area (Å²) >= 11 is 2.21. The number of amides is 1. The van der Waals surface area contributed by atoms with E-state index in [2.05, 4.69) is 53.7 Å². The van der Waals surface area contributed by atoms with Crippen LogP contribution in [0.1, 0.15) is 47.8 Å². The Labute approximate surface area is 191 Å². The topological polar surface area (TPSA) is 61.7 Å². The fourth-order valence-electron chi connectivity index (χ4n) is 2.96. The number of rotatable bonds is 4. The second kappa shape index (κ2) is 9.00. The molecule has 3 rings (SSSR count). The van der Waals surface area contributed by atoms with E-state index >= 15 is 0 Å². The molecule has 2 N–H and O–H groups in total. The van der Waals surface area contributed by atoms with Crippen molar-refractivity contribution in [3.05, 3.63) is 86.5 Å². The lowest BCUT2D eigenvalue weighted by Gasteiger charge is -2.19. The molecule has 0 atom stereocenters. The van der Waals surface area contributed by atoms with Gasteiger partial charge in [-0.1, -0.05) is 32.9 Å². The van der Waals surface area contributed by atoms with E-state index < -0.39 is 0 Å². The molecule has 0 aliphatic carbocycles. The first-order valence-corrected chi connectivity index (χ1v) is 10.8. The number of aromatic hydroxyl groups is 1. The summed E-state index contributed by atoms with van der Waals surface area (Å²) in [5, 5.41) is 13.1. The zero-order valence-corrected chi connectivity index (χ0v) is 19.7. The van der Waals surface area contributed by atoms with Gasteiger partial charge in [0, 0.05) is 26.6 Å². The first kappa shape index (κ1) is 22.0. The molecule has 0 saturated carbocycles. The van der Waals surface area contributed by atoms with Gasteiger partial charge in [-0.05, 0) is 94.6 Å². The minimum Gasteiger partial charge on any atom is -0.507 e. The van der Waals surface area contributed by atoms with E-state index in [0.29, 0.717) is 16.8 Å². The van der Waals surface area contributed by atoms with Crippen LogP contribution in [0.3, 0.4) is 0 Å². The highest BCUT2D eigenvalue weighted by molar-refractivity contribution is 14.1. The molecule has 5 heteroatoms. The van der Waals surface area contributed by atoms with Gasteiger partial charge < -0.3 is 10.4 Å². The average molecular weight is 512 g/mol. The Morgan fingerprint density at radius 1 is 1.03 bits per heavy atom. The Balaban J connectivity index is 1.68. The molecule has 0 aromatic heterocycles. The third-order valence-electron chi connectivity index (χ3n) is 4.79. The lowest BCUT2D eigenvalue weighted by Crippen LogP contribution is -2.14. The van der Waals surface area contributed by atoms with Crippen molar-refractivity contribution in [3.63, 3.8) is 0 Å². The summed E-state index contributed by atoms with van der Waals surface area (Å²) in [5.74, 6) is 0.0893. The Hall–Kier alpha value is -2.67. The van der Waals surface area contributed by atoms with E-state index in [0.717, 1.165) is 14.8 Å². The number of carbonyl (C=O) groups is 1. The number of anilines is 1. The van der Waals surface area contributed by atoms with Crippen LogP contribution >= 0.6 is 22.6 Å². The van der Waals surface area contributed by atoms with Crippen LogP contribution in [0.2, 0.25) is 0 Å². The van der Waals surface area contributed by atoms with Crippen LogP contribution in [-0.4, -0.2) is 17.2 Å². The van der Waals surface area contributed by atoms with Crippen LogP contribution in [0.4, 0.5) is 11.4 Å². The van der Waals surface area contributed by atoms with Gasteiger partial charge in [0.05, 0.1) is 5.69 Å². The second-order valence-electron chi connectivity index (χ2n) is 8.25. The number of nitrogens with zero attached hydrogens (tertiary/aromatic N) is 1. The molecule has 0 aliphatic heterocycles. The zero-order chi connectivity index (χ0) is 21.9. The molecule has 154 valence electrons. The molecule has 0 unspecified atom stereocenters. The summed E-state index contributed by atoms with van der Waals surface area (Å²) in [6, 6.07) is 18.8. The SMILES string of the molecule is Cc1cc(I)cc(C=Nc2ccc(NC(=O)c3ccc(C(C)(C)C)cc3)cc2)c1O. The maximum atomic E-state index is 12.5. The van der Waals surface area contributed by atoms with Crippen LogP contribution in [0.15, 0.2) is 65.7 Å². The quantitative estimate of drug-likeness (QED) is 0.306. The van der Waals surface area contributed by atoms with E-state index in [1.165, 1.54) is 5.56 Å². The number of aliphatic imine (C=N–C) groups is 1. The third-order valence-corrected chi connectivity index (χ3v) is 5.41. The number of phenols is 1. The molecule has 0 fully saturated rings. The Bertz CT molecular complexity index is 1080. The second-order valence-corrected chi connectivity index (χ2v) is 9.49. The largest absolute Gasteiger partial charge is 0.507 e. The van der Waals surface area contributed by atoms with Crippen LogP contribution in [0.25, 0.3) is 0 Å². The van der Waals surface area contributed by atoms with Crippen molar-refractivity contribution in [2.75, 3.05) is 5.32 Å². The lowest BCUT2D eigenvalue weighted by molar-refractivity contribution is 0.102. The minimum absolute atomic E-state index is 0.0544. The van der Waals surface area contributed by atoms with Crippen LogP contribution in [-0.2, 0) is 5.41 Å². The molecule has 0 spiro atoms. The molecule has 0 radical (unpaired) electrons. The molecular formula is C25H25IN2O2. The van der Waals surface area contributed by atoms with Crippen molar-refractivity contribution in [1.29, 1.82) is 0 Å². The van der Waals surface area contributed by atoms with Crippen molar-refractivity contribution in [2.45, 2.75) is 33.1 Å². The van der Waals surface area contributed by atoms with Gasteiger partial charge in [-0.3, -0.25) is 9.79 Å². The van der Waals surface area contributed by atoms with Gasteiger partial charge in [0.1, 0.15) is 5.75 Å². The number of hydrogen-bond donors (Lipinski definition) is 2. The van der Waals surface area contributed by atoms with E-state index in [1.807, 2.05) is 67.6 Å². The lowest BCUT2D eigenvalue weighted by atomic mass is 9.87. The number of carbonyl (C=O) groups excluding carboxylic acids is 1. The van der Waals surface area contributed by atoms with Crippen LogP contribution in [0, 0.1) is 10.5 Å². The van der Waals surface area contributed by atoms with E-state index in [4.69, 9.17) is 0 Å². The molecule has 0 heterocycles. The van der Waals surface area contributed by atoms with Gasteiger partial charge in [-0.15, -0.1) is 0 Å². The number of hydrogen-bond acceptors (Lipinski definition) is 3. The smallest absolute Gasteiger partial charge is 0.255 e. The summed E-state index contributed by atoms with van der Waals surface area (Å²) in [4.78, 5) is 16.9. The molecule has 1 amide bonds. The number of nitrogens with one attached hydrogen (secondary N) is 1. The standard InChI is InChI=1S/C25H25IN2O2/c1-16-13-20(26)14-18(23(16)29)15-27-21-9-11-22(12-10-21)28-24(30)17-5-7-19(8-6-17)25(2,3)4/h5-15,29H,1-4H3,(H,28,30). The molecule has 0 saturated heterocycles. The molecular weight excluding hydrogens is 487 g/mol. The first-order chi connectivity index (χ1) is 14.1. The monoisotopic (exact) mass is 512 g/mol. The Kier molecular flexibility index (Phi) is 6.61. The highest BCUT2D eigenvalue weighted by Gasteiger charge is 2.14. The summed E-state index contributed by atoms with van der Waals surface area (Å²) in [5.41, 5.74) is 4.79. The molecule has 4 nitrogen and oxygen atoms in total. The Morgan fingerprint density at radius 3 is 2.27 bits per heavy atom. The summed E-state index contributed by atoms with van der Waals surface area (Å²) in [6.45, 7) is 8.30. The van der Waals surface area contributed by atoms with E-state index in [9.17, 15) is 9.90 Å². The molecule has 0 bridgehead atoms. The van der Waals surface area contributed by atoms with Crippen LogP contribution < -0.4 is 5.32 Å². The minimum atomic E-state index is -0.147. The first-order valence-electron chi connectivity index (χ1n) is 9.68. The number of phenolic OH excluding ortho intramolecular Hbond substituents is 1. The zero-order valence-electron chi connectivity index (χ0n) is 17.5. The predicted molar refractivity (Wildman–Crippen MR) is 132 cm³/mol. The molecule has 3 aromatic carbocycles. The van der Waals surface area contributed by atoms with Crippen molar-refractivity contribution >= 4 is 46.1 Å². The highest BCUT2D eigenvalue weighted by atomic mass is 127. The van der Waals surface area contributed by atoms with Gasteiger partial charge >= 0.3 is 0 Å². The fourth-order valence-corrected chi connectivity index (χ4v) is 3.76. The van der Waals surface area contributed by atoms with Crippen LogP contribution in [0.5, 0.6) is 5.75 Å². The summed E-state index contributed by atoms with van der Waals surface area (Å²) < 4.78 is 1.04. The van der Waals surface area contributed by atoms with Gasteiger partial charge in [0.2, 0.25) is 0 Å². The normalized spacial score (nSPS) is 11.6. The van der Waals surface area contributed by atoms with Crippen molar-refractivity contribution < 1.29 is 9.90 Å². The molecule has 0 aliphatic rings. The Morgan fingerprint density at radius 2 is 1.67 bits per heavy atom. The predicted octanol–water partition coefficient (Wildman–Crippen LogP) is 6.61. The fraction of sp³-hybridized carbons (Fsp3) is 0.200. The van der Waals surface area contributed by atoms with Gasteiger partial charge in [-0.25, -0.2) is 0 Å². The van der Waals surface area contributed by atoms with Gasteiger partial charge in [0.25, 0.3) is 5.91 Å². The molecule has 30 heavy (non-hydrogen) atoms. The average Bonchev–Trinajstić information content (AvgIpc) is 2.70. The van der Waals surface area contributed by atoms with Crippen molar-refractivity contribution in [2.24, 2.45) is 4.99 Å². The maximum absolute atomic E-state index is 12.5. The molecule has 3 aromatic rings. The number of aryl methyl sites for hydroxylation is 1. The summed E-state index contributed by atoms with van der Waals surface area (Å²) in [6.07, 6.45) is 1.65. The van der Waals surface area contributed by atoms with E-state index in [-0.39, 0.29) is 17.1 Å². The van der Waals surface area contributed by atoms with Crippen molar-refractivity contribution in [3.8, 4) is 5.75 Å². The van der Waals surface area contributed by atoms with Gasteiger partial charge in [-0.2, -0.15) is 0 Å². The van der Waals surface area contributed by atoms with Gasteiger partial charge in [0.15, 0.2) is 0 Å². The number of halogens is 1. The summed E-state index contributed by atoms with van der Waals surface area (Å²) in [7, 11) is 0. The number of benzene rings is 3. The maximum Gasteiger partial charge on any atom is 0.255 e. The van der Waals surface area contributed by atoms with Crippen molar-refractivity contribution in [1.82, 2.24) is 0 Å². The van der Waals surface area contributed by atoms with E-state index in [1.54, 1.807) is 6.21 Å².